The summed E-state index contributed by atoms with van der Waals surface area (Å²) in [5, 5.41) is 11.9. The molecule has 0 spiro atoms. The average molecular weight is 340 g/mol. The van der Waals surface area contributed by atoms with Crippen LogP contribution in [0.3, 0.4) is 0 Å². The molecule has 6 heteroatoms. The maximum atomic E-state index is 12.7. The summed E-state index contributed by atoms with van der Waals surface area (Å²) in [6.07, 6.45) is 5.54. The van der Waals surface area contributed by atoms with Crippen molar-refractivity contribution in [2.24, 2.45) is 0 Å². The molecule has 0 aliphatic carbocycles. The first-order valence-electron chi connectivity index (χ1n) is 9.03. The van der Waals surface area contributed by atoms with E-state index in [1.807, 2.05) is 9.80 Å². The monoisotopic (exact) mass is 340 g/mol. The van der Waals surface area contributed by atoms with E-state index in [2.05, 4.69) is 11.4 Å². The Kier molecular flexibility index (Phi) is 5.54. The van der Waals surface area contributed by atoms with Crippen LogP contribution < -0.4 is 5.32 Å². The van der Waals surface area contributed by atoms with Crippen LogP contribution in [-0.4, -0.2) is 47.4 Å². The zero-order chi connectivity index (χ0) is 17.6. The van der Waals surface area contributed by atoms with Crippen LogP contribution in [0.1, 0.15) is 44.1 Å². The topological polar surface area (TPSA) is 76.4 Å². The second-order valence-corrected chi connectivity index (χ2v) is 6.74. The molecule has 1 atom stereocenters. The number of rotatable bonds is 4. The van der Waals surface area contributed by atoms with E-state index in [-0.39, 0.29) is 18.0 Å². The fourth-order valence-electron chi connectivity index (χ4n) is 3.68. The molecule has 1 N–H and O–H groups in total. The maximum absolute atomic E-state index is 12.7. The van der Waals surface area contributed by atoms with Crippen molar-refractivity contribution in [2.75, 3.05) is 25.0 Å². The van der Waals surface area contributed by atoms with Crippen LogP contribution in [0, 0.1) is 11.3 Å². The van der Waals surface area contributed by atoms with Gasteiger partial charge in [0.15, 0.2) is 0 Å². The molecule has 25 heavy (non-hydrogen) atoms. The number of likely N-dealkylation sites (tertiary alicyclic amines) is 2. The van der Waals surface area contributed by atoms with Crippen molar-refractivity contribution in [1.82, 2.24) is 9.80 Å². The Bertz CT molecular complexity index is 682. The molecule has 2 aliphatic heterocycles. The Morgan fingerprint density at radius 3 is 2.92 bits per heavy atom. The van der Waals surface area contributed by atoms with Crippen molar-refractivity contribution in [3.63, 3.8) is 0 Å². The van der Waals surface area contributed by atoms with Gasteiger partial charge in [-0.2, -0.15) is 5.26 Å². The van der Waals surface area contributed by atoms with Crippen LogP contribution in [0.15, 0.2) is 24.3 Å². The minimum Gasteiger partial charge on any atom is -0.343 e. The van der Waals surface area contributed by atoms with Gasteiger partial charge in [0.1, 0.15) is 0 Å². The van der Waals surface area contributed by atoms with E-state index < -0.39 is 0 Å². The molecule has 0 bridgehead atoms. The zero-order valence-corrected chi connectivity index (χ0v) is 14.4. The summed E-state index contributed by atoms with van der Waals surface area (Å²) >= 11 is 0. The molecule has 3 amide bonds. The second kappa shape index (κ2) is 8.02. The average Bonchev–Trinajstić information content (AvgIpc) is 3.05. The summed E-state index contributed by atoms with van der Waals surface area (Å²) in [5.74, 6) is 0.236. The van der Waals surface area contributed by atoms with Gasteiger partial charge >= 0.3 is 6.03 Å². The number of urea groups is 1. The third kappa shape index (κ3) is 4.30. The van der Waals surface area contributed by atoms with Crippen molar-refractivity contribution in [2.45, 2.75) is 44.6 Å². The summed E-state index contributed by atoms with van der Waals surface area (Å²) in [6, 6.07) is 9.08. The number of nitrogens with one attached hydrogen (secondary N) is 1. The summed E-state index contributed by atoms with van der Waals surface area (Å²) in [7, 11) is 0. The van der Waals surface area contributed by atoms with Gasteiger partial charge in [-0.05, 0) is 50.3 Å². The molecule has 1 aromatic rings. The molecule has 1 aromatic carbocycles. The highest BCUT2D eigenvalue weighted by Crippen LogP contribution is 2.22. The lowest BCUT2D eigenvalue weighted by Crippen LogP contribution is -2.47. The summed E-state index contributed by atoms with van der Waals surface area (Å²) in [6.45, 7) is 2.32. The fourth-order valence-corrected chi connectivity index (χ4v) is 3.68. The van der Waals surface area contributed by atoms with E-state index in [1.54, 1.807) is 24.3 Å². The van der Waals surface area contributed by atoms with E-state index in [0.29, 0.717) is 17.7 Å². The Morgan fingerprint density at radius 2 is 2.16 bits per heavy atom. The van der Waals surface area contributed by atoms with E-state index in [9.17, 15) is 9.59 Å². The first-order chi connectivity index (χ1) is 12.2. The Hall–Kier alpha value is -2.55. The van der Waals surface area contributed by atoms with Gasteiger partial charge in [-0.15, -0.1) is 0 Å². The molecule has 132 valence electrons. The van der Waals surface area contributed by atoms with Gasteiger partial charge in [0.25, 0.3) is 0 Å². The SMILES string of the molecule is N#Cc1cccc(NC(=O)N2CCCC[C@H]2CCN2CCCC2=O)c1. The zero-order valence-electron chi connectivity index (χ0n) is 14.4. The minimum absolute atomic E-state index is 0.118. The summed E-state index contributed by atoms with van der Waals surface area (Å²) < 4.78 is 0. The van der Waals surface area contributed by atoms with Gasteiger partial charge in [0, 0.05) is 37.8 Å². The number of amides is 3. The molecule has 0 aromatic heterocycles. The van der Waals surface area contributed by atoms with Crippen molar-refractivity contribution in [3.8, 4) is 6.07 Å². The number of anilines is 1. The van der Waals surface area contributed by atoms with E-state index in [4.69, 9.17) is 5.26 Å². The summed E-state index contributed by atoms with van der Waals surface area (Å²) in [5.41, 5.74) is 1.17. The number of nitriles is 1. The van der Waals surface area contributed by atoms with Crippen molar-refractivity contribution in [3.05, 3.63) is 29.8 Å². The minimum atomic E-state index is -0.118. The lowest BCUT2D eigenvalue weighted by molar-refractivity contribution is -0.127. The first kappa shape index (κ1) is 17.3. The normalized spacial score (nSPS) is 20.4. The largest absolute Gasteiger partial charge is 0.343 e. The number of carbonyl (C=O) groups excluding carboxylic acids is 2. The quantitative estimate of drug-likeness (QED) is 0.915. The predicted octanol–water partition coefficient (Wildman–Crippen LogP) is 2.96. The predicted molar refractivity (Wildman–Crippen MR) is 95.0 cm³/mol. The fraction of sp³-hybridized carbons (Fsp3) is 0.526. The van der Waals surface area contributed by atoms with Gasteiger partial charge in [-0.1, -0.05) is 6.07 Å². The van der Waals surface area contributed by atoms with Crippen LogP contribution in [0.5, 0.6) is 0 Å². The molecular weight excluding hydrogens is 316 g/mol. The number of piperidine rings is 1. The number of hydrogen-bond donors (Lipinski definition) is 1. The molecule has 0 unspecified atom stereocenters. The highest BCUT2D eigenvalue weighted by atomic mass is 16.2. The van der Waals surface area contributed by atoms with Gasteiger partial charge in [0.05, 0.1) is 11.6 Å². The highest BCUT2D eigenvalue weighted by molar-refractivity contribution is 5.89. The van der Waals surface area contributed by atoms with E-state index >= 15 is 0 Å². The van der Waals surface area contributed by atoms with Gasteiger partial charge in [-0.3, -0.25) is 4.79 Å². The number of hydrogen-bond acceptors (Lipinski definition) is 3. The van der Waals surface area contributed by atoms with Gasteiger partial charge in [-0.25, -0.2) is 4.79 Å². The molecule has 0 saturated carbocycles. The Balaban J connectivity index is 1.60. The lowest BCUT2D eigenvalue weighted by atomic mass is 9.99. The summed E-state index contributed by atoms with van der Waals surface area (Å²) in [4.78, 5) is 28.3. The van der Waals surface area contributed by atoms with Crippen LogP contribution in [0.2, 0.25) is 0 Å². The molecule has 0 radical (unpaired) electrons. The molecule has 2 fully saturated rings. The smallest absolute Gasteiger partial charge is 0.322 e. The lowest BCUT2D eigenvalue weighted by Gasteiger charge is -2.36. The molecule has 6 nitrogen and oxygen atoms in total. The van der Waals surface area contributed by atoms with Gasteiger partial charge < -0.3 is 15.1 Å². The van der Waals surface area contributed by atoms with E-state index in [0.717, 1.165) is 51.7 Å². The van der Waals surface area contributed by atoms with Gasteiger partial charge in [0.2, 0.25) is 5.91 Å². The van der Waals surface area contributed by atoms with Crippen LogP contribution in [0.25, 0.3) is 0 Å². The second-order valence-electron chi connectivity index (χ2n) is 6.74. The molecule has 2 aliphatic rings. The standard InChI is InChI=1S/C19H24N4O2/c20-14-15-5-3-6-16(13-15)21-19(25)23-11-2-1-7-17(23)9-12-22-10-4-8-18(22)24/h3,5-6,13,17H,1-2,4,7-12H2,(H,21,25)/t17-/m0/s1. The van der Waals surface area contributed by atoms with Crippen molar-refractivity contribution in [1.29, 1.82) is 5.26 Å². The molecule has 3 rings (SSSR count). The van der Waals surface area contributed by atoms with Crippen LogP contribution >= 0.6 is 0 Å². The third-order valence-corrected chi connectivity index (χ3v) is 5.03. The maximum Gasteiger partial charge on any atom is 0.322 e. The van der Waals surface area contributed by atoms with Crippen molar-refractivity contribution >= 4 is 17.6 Å². The van der Waals surface area contributed by atoms with Crippen LogP contribution in [-0.2, 0) is 4.79 Å². The first-order valence-corrected chi connectivity index (χ1v) is 9.03. The highest BCUT2D eigenvalue weighted by Gasteiger charge is 2.28. The van der Waals surface area contributed by atoms with E-state index in [1.165, 1.54) is 0 Å². The molecule has 2 saturated heterocycles. The molecular formula is C19H24N4O2. The Morgan fingerprint density at radius 1 is 1.28 bits per heavy atom. The van der Waals surface area contributed by atoms with Crippen molar-refractivity contribution < 1.29 is 9.59 Å². The number of nitrogens with zero attached hydrogens (tertiary/aromatic N) is 3. The molecule has 2 heterocycles. The third-order valence-electron chi connectivity index (χ3n) is 5.03. The number of carbonyl (C=O) groups is 2. The Labute approximate surface area is 148 Å². The van der Waals surface area contributed by atoms with Crippen LogP contribution in [0.4, 0.5) is 10.5 Å². The number of benzene rings is 1.